The number of benzene rings is 1. The van der Waals surface area contributed by atoms with Gasteiger partial charge in [0.05, 0.1) is 4.90 Å². The van der Waals surface area contributed by atoms with E-state index in [0.717, 1.165) is 25.2 Å². The Morgan fingerprint density at radius 2 is 1.53 bits per heavy atom. The molecule has 0 aliphatic rings. The Morgan fingerprint density at radius 3 is 2.00 bits per heavy atom. The number of hydrogen-bond donors (Lipinski definition) is 0. The van der Waals surface area contributed by atoms with Crippen LogP contribution in [0.15, 0.2) is 29.2 Å². The Hall–Kier alpha value is -0.910. The highest BCUT2D eigenvalue weighted by atomic mass is 32.2. The molecule has 1 aromatic rings. The summed E-state index contributed by atoms with van der Waals surface area (Å²) in [4.78, 5) is 2.57. The van der Waals surface area contributed by atoms with E-state index in [9.17, 15) is 8.42 Å². The topological polar surface area (TPSA) is 40.6 Å². The number of aryl methyl sites for hydroxylation is 1. The van der Waals surface area contributed by atoms with Crippen LogP contribution < -0.4 is 0 Å². The second-order valence-corrected chi connectivity index (χ2v) is 6.71. The Kier molecular flexibility index (Phi) is 5.97. The monoisotopic (exact) mass is 284 g/mol. The zero-order valence-electron chi connectivity index (χ0n) is 12.3. The third-order valence-electron chi connectivity index (χ3n) is 3.35. The lowest BCUT2D eigenvalue weighted by Crippen LogP contribution is -2.36. The maximum atomic E-state index is 12.3. The summed E-state index contributed by atoms with van der Waals surface area (Å²) in [7, 11) is -1.72. The van der Waals surface area contributed by atoms with Gasteiger partial charge in [-0.3, -0.25) is 0 Å². The summed E-state index contributed by atoms with van der Waals surface area (Å²) >= 11 is 0. The van der Waals surface area contributed by atoms with E-state index in [1.165, 1.54) is 4.31 Å². The van der Waals surface area contributed by atoms with Crippen molar-refractivity contribution in [3.05, 3.63) is 29.8 Å². The minimum absolute atomic E-state index is 0.361. The van der Waals surface area contributed by atoms with Crippen LogP contribution in [0.4, 0.5) is 0 Å². The molecule has 19 heavy (non-hydrogen) atoms. The van der Waals surface area contributed by atoms with Crippen LogP contribution >= 0.6 is 0 Å². The number of likely N-dealkylation sites (N-methyl/N-ethyl adjacent to an activating group) is 2. The first-order valence-electron chi connectivity index (χ1n) is 6.67. The highest BCUT2D eigenvalue weighted by Crippen LogP contribution is 2.14. The second kappa shape index (κ2) is 7.03. The fraction of sp³-hybridized carbons (Fsp3) is 0.571. The van der Waals surface area contributed by atoms with Crippen molar-refractivity contribution in [2.45, 2.75) is 25.7 Å². The molecule has 5 heteroatoms. The van der Waals surface area contributed by atoms with Crippen LogP contribution in [0.5, 0.6) is 0 Å². The van der Waals surface area contributed by atoms with Gasteiger partial charge in [-0.05, 0) is 32.1 Å². The van der Waals surface area contributed by atoms with E-state index >= 15 is 0 Å². The van der Waals surface area contributed by atoms with Gasteiger partial charge in [0.1, 0.15) is 0 Å². The van der Waals surface area contributed by atoms with E-state index in [1.807, 2.05) is 19.1 Å². The van der Waals surface area contributed by atoms with Crippen LogP contribution in [0.25, 0.3) is 0 Å². The smallest absolute Gasteiger partial charge is 0.242 e. The van der Waals surface area contributed by atoms with Gasteiger partial charge in [0.15, 0.2) is 0 Å². The molecule has 4 nitrogen and oxygen atoms in total. The van der Waals surface area contributed by atoms with E-state index in [-0.39, 0.29) is 0 Å². The number of rotatable bonds is 7. The van der Waals surface area contributed by atoms with Crippen LogP contribution in [0, 0.1) is 6.92 Å². The molecule has 0 heterocycles. The van der Waals surface area contributed by atoms with Crippen molar-refractivity contribution in [2.75, 3.05) is 33.2 Å². The third kappa shape index (κ3) is 4.30. The normalized spacial score (nSPS) is 12.3. The van der Waals surface area contributed by atoms with Crippen LogP contribution in [0.1, 0.15) is 19.4 Å². The molecule has 1 rings (SSSR count). The van der Waals surface area contributed by atoms with Crippen molar-refractivity contribution in [1.82, 2.24) is 9.21 Å². The lowest BCUT2D eigenvalue weighted by molar-refractivity contribution is 0.282. The molecular weight excluding hydrogens is 260 g/mol. The van der Waals surface area contributed by atoms with Crippen molar-refractivity contribution in [3.63, 3.8) is 0 Å². The molecular formula is C14H24N2O2S. The SMILES string of the molecule is CCN(CC)CCN(C)S(=O)(=O)c1ccc(C)cc1. The summed E-state index contributed by atoms with van der Waals surface area (Å²) in [5.41, 5.74) is 1.06. The molecule has 0 N–H and O–H groups in total. The van der Waals surface area contributed by atoms with E-state index in [4.69, 9.17) is 0 Å². The van der Waals surface area contributed by atoms with Crippen molar-refractivity contribution >= 4 is 10.0 Å². The third-order valence-corrected chi connectivity index (χ3v) is 5.23. The summed E-state index contributed by atoms with van der Waals surface area (Å²) in [6.07, 6.45) is 0. The maximum Gasteiger partial charge on any atom is 0.242 e. The molecule has 0 aliphatic heterocycles. The minimum Gasteiger partial charge on any atom is -0.303 e. The highest BCUT2D eigenvalue weighted by molar-refractivity contribution is 7.89. The van der Waals surface area contributed by atoms with E-state index in [0.29, 0.717) is 11.4 Å². The zero-order chi connectivity index (χ0) is 14.5. The molecule has 0 spiro atoms. The number of sulfonamides is 1. The molecule has 0 bridgehead atoms. The van der Waals surface area contributed by atoms with Crippen LogP contribution in [-0.2, 0) is 10.0 Å². The van der Waals surface area contributed by atoms with E-state index < -0.39 is 10.0 Å². The Morgan fingerprint density at radius 1 is 1.00 bits per heavy atom. The van der Waals surface area contributed by atoms with E-state index in [1.54, 1.807) is 19.2 Å². The van der Waals surface area contributed by atoms with Gasteiger partial charge in [-0.15, -0.1) is 0 Å². The summed E-state index contributed by atoms with van der Waals surface area (Å²) < 4.78 is 26.1. The molecule has 0 atom stereocenters. The quantitative estimate of drug-likeness (QED) is 0.768. The molecule has 0 saturated carbocycles. The Bertz CT molecular complexity index is 479. The minimum atomic E-state index is -3.36. The predicted molar refractivity (Wildman–Crippen MR) is 78.8 cm³/mol. The van der Waals surface area contributed by atoms with Gasteiger partial charge >= 0.3 is 0 Å². The van der Waals surface area contributed by atoms with Gasteiger partial charge in [-0.2, -0.15) is 4.31 Å². The fourth-order valence-corrected chi connectivity index (χ4v) is 2.99. The zero-order valence-corrected chi connectivity index (χ0v) is 13.1. The Labute approximate surface area is 117 Å². The Balaban J connectivity index is 2.74. The van der Waals surface area contributed by atoms with Crippen molar-refractivity contribution in [2.24, 2.45) is 0 Å². The number of hydrogen-bond acceptors (Lipinski definition) is 3. The molecule has 0 aromatic heterocycles. The summed E-state index contributed by atoms with van der Waals surface area (Å²) in [6.45, 7) is 9.26. The molecule has 0 saturated heterocycles. The molecule has 0 aliphatic carbocycles. The second-order valence-electron chi connectivity index (χ2n) is 4.67. The van der Waals surface area contributed by atoms with Crippen LogP contribution in [0.3, 0.4) is 0 Å². The first-order valence-corrected chi connectivity index (χ1v) is 8.11. The van der Waals surface area contributed by atoms with E-state index in [2.05, 4.69) is 18.7 Å². The largest absolute Gasteiger partial charge is 0.303 e. The standard InChI is InChI=1S/C14H24N2O2S/c1-5-16(6-2)12-11-15(4)19(17,18)14-9-7-13(3)8-10-14/h7-10H,5-6,11-12H2,1-4H3. The van der Waals surface area contributed by atoms with Gasteiger partial charge < -0.3 is 4.90 Å². The van der Waals surface area contributed by atoms with Crippen LogP contribution in [0.2, 0.25) is 0 Å². The molecule has 0 unspecified atom stereocenters. The van der Waals surface area contributed by atoms with Gasteiger partial charge in [-0.25, -0.2) is 8.42 Å². The molecule has 108 valence electrons. The first-order chi connectivity index (χ1) is 8.91. The van der Waals surface area contributed by atoms with Crippen molar-refractivity contribution in [1.29, 1.82) is 0 Å². The molecule has 0 fully saturated rings. The predicted octanol–water partition coefficient (Wildman–Crippen LogP) is 1.96. The van der Waals surface area contributed by atoms with Crippen molar-refractivity contribution < 1.29 is 8.42 Å². The highest BCUT2D eigenvalue weighted by Gasteiger charge is 2.20. The first kappa shape index (κ1) is 16.1. The lowest BCUT2D eigenvalue weighted by Gasteiger charge is -2.22. The van der Waals surface area contributed by atoms with Crippen molar-refractivity contribution in [3.8, 4) is 0 Å². The lowest BCUT2D eigenvalue weighted by atomic mass is 10.2. The summed E-state index contributed by atoms with van der Waals surface area (Å²) in [5.74, 6) is 0. The maximum absolute atomic E-state index is 12.3. The van der Waals surface area contributed by atoms with Gasteiger partial charge in [-0.1, -0.05) is 31.5 Å². The average Bonchev–Trinajstić information content (AvgIpc) is 2.40. The molecule has 1 aromatic carbocycles. The average molecular weight is 284 g/mol. The number of nitrogens with zero attached hydrogens (tertiary/aromatic N) is 2. The van der Waals surface area contributed by atoms with Crippen LogP contribution in [-0.4, -0.2) is 50.8 Å². The molecule has 0 radical (unpaired) electrons. The summed E-state index contributed by atoms with van der Waals surface area (Å²) in [6, 6.07) is 6.98. The van der Waals surface area contributed by atoms with Gasteiger partial charge in [0.25, 0.3) is 0 Å². The summed E-state index contributed by atoms with van der Waals surface area (Å²) in [5, 5.41) is 0. The van der Waals surface area contributed by atoms with Gasteiger partial charge in [0.2, 0.25) is 10.0 Å². The fourth-order valence-electron chi connectivity index (χ4n) is 1.83. The van der Waals surface area contributed by atoms with Gasteiger partial charge in [0, 0.05) is 20.1 Å². The molecule has 0 amide bonds.